The second kappa shape index (κ2) is 16.0. The Morgan fingerprint density at radius 3 is 1.35 bits per heavy atom. The van der Waals surface area contributed by atoms with Gasteiger partial charge in [0.1, 0.15) is 11.6 Å². The molecule has 0 aliphatic rings. The van der Waals surface area contributed by atoms with E-state index in [1.165, 1.54) is 45.8 Å². The summed E-state index contributed by atoms with van der Waals surface area (Å²) in [7, 11) is 0. The summed E-state index contributed by atoms with van der Waals surface area (Å²) in [5.74, 6) is -0.442. The molecule has 0 fully saturated rings. The molecule has 8 aromatic rings. The van der Waals surface area contributed by atoms with Gasteiger partial charge >= 0.3 is 0 Å². The molecule has 4 aromatic carbocycles. The van der Waals surface area contributed by atoms with Crippen LogP contribution in [0.15, 0.2) is 122 Å². The molecule has 0 saturated carbocycles. The predicted molar refractivity (Wildman–Crippen MR) is 210 cm³/mol. The second-order valence-corrected chi connectivity index (χ2v) is 13.3. The Bertz CT molecular complexity index is 2270. The largest absolute Gasteiger partial charge is 0.335 e. The average molecular weight is 715 g/mol. The van der Waals surface area contributed by atoms with E-state index in [0.717, 1.165) is 90.0 Å². The zero-order valence-corrected chi connectivity index (χ0v) is 29.7. The first-order valence-corrected chi connectivity index (χ1v) is 17.7. The molecule has 0 radical (unpaired) electrons. The third-order valence-electron chi connectivity index (χ3n) is 9.76. The number of hydrogen-bond acceptors (Lipinski definition) is 4. The van der Waals surface area contributed by atoms with Gasteiger partial charge in [-0.1, -0.05) is 67.1 Å². The van der Waals surface area contributed by atoms with Crippen molar-refractivity contribution in [1.82, 2.24) is 29.7 Å². The van der Waals surface area contributed by atoms with E-state index in [0.29, 0.717) is 13.1 Å². The maximum Gasteiger partial charge on any atom is 0.123 e. The number of nitrogens with zero attached hydrogens (tertiary/aromatic N) is 4. The molecule has 6 nitrogen and oxygen atoms in total. The zero-order valence-electron chi connectivity index (χ0n) is 28.9. The van der Waals surface area contributed by atoms with Gasteiger partial charge in [0.25, 0.3) is 0 Å². The summed E-state index contributed by atoms with van der Waals surface area (Å²) in [6.45, 7) is 4.64. The highest BCUT2D eigenvalue weighted by molar-refractivity contribution is 6.08. The topological polar surface area (TPSA) is 59.7 Å². The summed E-state index contributed by atoms with van der Waals surface area (Å²) in [4.78, 5) is 9.58. The third-order valence-corrected chi connectivity index (χ3v) is 9.76. The Morgan fingerprint density at radius 2 is 0.904 bits per heavy atom. The van der Waals surface area contributed by atoms with Crippen LogP contribution in [0.4, 0.5) is 8.78 Å². The van der Waals surface area contributed by atoms with Crippen LogP contribution in [-0.2, 0) is 26.2 Å². The Labute approximate surface area is 307 Å². The molecule has 2 N–H and O–H groups in total. The smallest absolute Gasteiger partial charge is 0.123 e. The first-order chi connectivity index (χ1) is 25.1. The fraction of sp³-hybridized carbons (Fsp3) is 0.209. The Hall–Kier alpha value is -5.15. The molecular formula is C43H41ClF2N6. The van der Waals surface area contributed by atoms with Gasteiger partial charge in [-0.05, 0) is 85.6 Å². The molecule has 0 saturated heterocycles. The molecule has 0 aliphatic carbocycles. The monoisotopic (exact) mass is 714 g/mol. The summed E-state index contributed by atoms with van der Waals surface area (Å²) >= 11 is 0. The predicted octanol–water partition coefficient (Wildman–Crippen LogP) is 9.54. The normalized spacial score (nSPS) is 11.6. The first-order valence-electron chi connectivity index (χ1n) is 17.7. The van der Waals surface area contributed by atoms with Crippen molar-refractivity contribution in [2.24, 2.45) is 0 Å². The molecule has 52 heavy (non-hydrogen) atoms. The van der Waals surface area contributed by atoms with Crippen LogP contribution in [0.25, 0.3) is 43.6 Å². The van der Waals surface area contributed by atoms with Crippen LogP contribution in [0, 0.1) is 11.6 Å². The Morgan fingerprint density at radius 1 is 0.481 bits per heavy atom. The van der Waals surface area contributed by atoms with E-state index >= 15 is 0 Å². The van der Waals surface area contributed by atoms with Gasteiger partial charge in [0, 0.05) is 58.8 Å². The summed E-state index contributed by atoms with van der Waals surface area (Å²) in [6.07, 6.45) is 7.27. The standard InChI is InChI=1S/C43H40F2N6.ClH/c44-32-16-12-30(13-17-32)28-50-40-10-4-2-8-36(40)38-22-34(48-26-42(38)50)24-46-20-6-1-7-21-47-25-35-23-39-37-9-3-5-11-41(37)51(43(39)27-49-35)29-31-14-18-33(45)19-15-31;/h2-5,8-19,22-23,26-27,46-47H,1,6-7,20-21,24-25,28-29H2;1H. The minimum atomic E-state index is -0.221. The molecule has 9 heteroatoms. The Kier molecular flexibility index (Phi) is 10.9. The van der Waals surface area contributed by atoms with E-state index in [1.807, 2.05) is 36.7 Å². The highest BCUT2D eigenvalue weighted by Crippen LogP contribution is 2.31. The minimum absolute atomic E-state index is 0. The van der Waals surface area contributed by atoms with Crippen LogP contribution in [0.5, 0.6) is 0 Å². The Balaban J connectivity index is 0.00000420. The van der Waals surface area contributed by atoms with Crippen LogP contribution >= 0.6 is 12.4 Å². The number of fused-ring (bicyclic) bond motifs is 6. The molecular weight excluding hydrogens is 674 g/mol. The molecule has 0 bridgehead atoms. The maximum atomic E-state index is 13.5. The van der Waals surface area contributed by atoms with E-state index in [-0.39, 0.29) is 24.0 Å². The van der Waals surface area contributed by atoms with Gasteiger partial charge in [-0.25, -0.2) is 8.78 Å². The van der Waals surface area contributed by atoms with Crippen molar-refractivity contribution in [3.05, 3.63) is 156 Å². The van der Waals surface area contributed by atoms with Crippen molar-refractivity contribution in [3.8, 4) is 0 Å². The molecule has 0 amide bonds. The van der Waals surface area contributed by atoms with E-state index in [4.69, 9.17) is 9.97 Å². The lowest BCUT2D eigenvalue weighted by Crippen LogP contribution is -2.17. The first kappa shape index (κ1) is 35.3. The number of aromatic nitrogens is 4. The second-order valence-electron chi connectivity index (χ2n) is 13.3. The molecule has 0 atom stereocenters. The van der Waals surface area contributed by atoms with Crippen molar-refractivity contribution < 1.29 is 8.78 Å². The molecule has 0 spiro atoms. The van der Waals surface area contributed by atoms with E-state index in [9.17, 15) is 8.78 Å². The molecule has 0 unspecified atom stereocenters. The molecule has 8 rings (SSSR count). The van der Waals surface area contributed by atoms with Gasteiger partial charge in [-0.15, -0.1) is 12.4 Å². The fourth-order valence-corrected chi connectivity index (χ4v) is 7.17. The number of benzene rings is 4. The number of pyridine rings is 2. The quantitative estimate of drug-likeness (QED) is 0.110. The highest BCUT2D eigenvalue weighted by atomic mass is 35.5. The van der Waals surface area contributed by atoms with Gasteiger partial charge in [-0.3, -0.25) is 9.97 Å². The third kappa shape index (κ3) is 7.55. The van der Waals surface area contributed by atoms with Gasteiger partial charge < -0.3 is 19.8 Å². The maximum absolute atomic E-state index is 13.5. The number of nitrogens with one attached hydrogen (secondary N) is 2. The number of unbranched alkanes of at least 4 members (excludes halogenated alkanes) is 2. The van der Waals surface area contributed by atoms with Crippen molar-refractivity contribution in [2.45, 2.75) is 45.4 Å². The van der Waals surface area contributed by atoms with E-state index in [1.54, 1.807) is 0 Å². The van der Waals surface area contributed by atoms with Crippen molar-refractivity contribution in [1.29, 1.82) is 0 Å². The summed E-state index contributed by atoms with van der Waals surface area (Å²) in [5, 5.41) is 11.9. The summed E-state index contributed by atoms with van der Waals surface area (Å²) in [6, 6.07) is 34.7. The number of para-hydroxylation sites is 2. The molecule has 0 aliphatic heterocycles. The number of hydrogen-bond donors (Lipinski definition) is 2. The van der Waals surface area contributed by atoms with Crippen LogP contribution in [-0.4, -0.2) is 32.2 Å². The van der Waals surface area contributed by atoms with Gasteiger partial charge in [-0.2, -0.15) is 0 Å². The highest BCUT2D eigenvalue weighted by Gasteiger charge is 2.14. The lowest BCUT2D eigenvalue weighted by atomic mass is 10.1. The zero-order chi connectivity index (χ0) is 34.6. The molecule has 264 valence electrons. The van der Waals surface area contributed by atoms with Crippen LogP contribution in [0.2, 0.25) is 0 Å². The fourth-order valence-electron chi connectivity index (χ4n) is 7.17. The van der Waals surface area contributed by atoms with Crippen LogP contribution < -0.4 is 10.6 Å². The SMILES string of the molecule is Cl.Fc1ccc(Cn2c3ccccc3c3cc(CNCCCCCNCc4cc5c6ccccc6n(Cc6ccc(F)cc6)c5cn4)ncc32)cc1. The number of rotatable bonds is 14. The van der Waals surface area contributed by atoms with Gasteiger partial charge in [0.05, 0.1) is 34.8 Å². The summed E-state index contributed by atoms with van der Waals surface area (Å²) < 4.78 is 31.5. The lowest BCUT2D eigenvalue weighted by molar-refractivity contribution is 0.567. The molecule has 4 heterocycles. The summed E-state index contributed by atoms with van der Waals surface area (Å²) in [5.41, 5.74) is 8.63. The lowest BCUT2D eigenvalue weighted by Gasteiger charge is -2.09. The van der Waals surface area contributed by atoms with Crippen LogP contribution in [0.3, 0.4) is 0 Å². The van der Waals surface area contributed by atoms with Crippen molar-refractivity contribution >= 4 is 56.0 Å². The average Bonchev–Trinajstić information content (AvgIpc) is 3.64. The van der Waals surface area contributed by atoms with Gasteiger partial charge in [0.2, 0.25) is 0 Å². The number of halogens is 3. The van der Waals surface area contributed by atoms with Crippen molar-refractivity contribution in [3.63, 3.8) is 0 Å². The minimum Gasteiger partial charge on any atom is -0.335 e. The van der Waals surface area contributed by atoms with E-state index in [2.05, 4.69) is 80.4 Å². The van der Waals surface area contributed by atoms with Gasteiger partial charge in [0.15, 0.2) is 0 Å². The van der Waals surface area contributed by atoms with Crippen molar-refractivity contribution in [2.75, 3.05) is 13.1 Å². The van der Waals surface area contributed by atoms with Crippen LogP contribution in [0.1, 0.15) is 41.8 Å². The van der Waals surface area contributed by atoms with E-state index < -0.39 is 0 Å². The molecule has 4 aromatic heterocycles.